The van der Waals surface area contributed by atoms with Crippen molar-refractivity contribution in [1.29, 1.82) is 0 Å². The summed E-state index contributed by atoms with van der Waals surface area (Å²) in [5.41, 5.74) is 0. The van der Waals surface area contributed by atoms with Crippen molar-refractivity contribution in [3.63, 3.8) is 0 Å². The first-order chi connectivity index (χ1) is 9.22. The second kappa shape index (κ2) is 5.77. The van der Waals surface area contributed by atoms with Gasteiger partial charge in [-0.3, -0.25) is 4.79 Å². The summed E-state index contributed by atoms with van der Waals surface area (Å²) in [5.74, 6) is -2.06. The molecule has 3 atom stereocenters. The van der Waals surface area contributed by atoms with Crippen LogP contribution in [0.25, 0.3) is 0 Å². The molecule has 7 heteroatoms. The van der Waals surface area contributed by atoms with Crippen molar-refractivity contribution < 1.29 is 28.5 Å². The lowest BCUT2D eigenvalue weighted by Gasteiger charge is -2.23. The van der Waals surface area contributed by atoms with Crippen LogP contribution >= 0.6 is 11.6 Å². The Morgan fingerprint density at radius 1 is 1.20 bits per heavy atom. The molecule has 0 aliphatic carbocycles. The van der Waals surface area contributed by atoms with Gasteiger partial charge in [-0.05, 0) is 27.7 Å². The maximum absolute atomic E-state index is 11.2. The second-order valence-electron chi connectivity index (χ2n) is 5.82. The highest BCUT2D eigenvalue weighted by Crippen LogP contribution is 2.35. The molecule has 3 unspecified atom stereocenters. The van der Waals surface area contributed by atoms with Gasteiger partial charge in [-0.25, -0.2) is 0 Å². The van der Waals surface area contributed by atoms with E-state index in [-0.39, 0.29) is 24.7 Å². The molecule has 0 aromatic rings. The quantitative estimate of drug-likeness (QED) is 0.578. The van der Waals surface area contributed by atoms with Crippen LogP contribution in [-0.2, 0) is 28.5 Å². The Labute approximate surface area is 123 Å². The van der Waals surface area contributed by atoms with Crippen molar-refractivity contribution in [1.82, 2.24) is 0 Å². The van der Waals surface area contributed by atoms with E-state index < -0.39 is 23.6 Å². The summed E-state index contributed by atoms with van der Waals surface area (Å²) >= 11 is 5.40. The molecule has 20 heavy (non-hydrogen) atoms. The Morgan fingerprint density at radius 2 is 1.90 bits per heavy atom. The molecule has 2 heterocycles. The minimum absolute atomic E-state index is 0.0833. The number of hydrogen-bond acceptors (Lipinski definition) is 6. The summed E-state index contributed by atoms with van der Waals surface area (Å²) in [7, 11) is 0. The Balaban J connectivity index is 1.99. The number of halogens is 1. The van der Waals surface area contributed by atoms with Gasteiger partial charge in [-0.1, -0.05) is 0 Å². The molecule has 2 saturated heterocycles. The maximum atomic E-state index is 11.2. The van der Waals surface area contributed by atoms with Crippen LogP contribution in [0.4, 0.5) is 0 Å². The van der Waals surface area contributed by atoms with Gasteiger partial charge in [-0.2, -0.15) is 0 Å². The Morgan fingerprint density at radius 3 is 2.45 bits per heavy atom. The summed E-state index contributed by atoms with van der Waals surface area (Å²) in [5, 5.41) is 0. The third-order valence-corrected chi connectivity index (χ3v) is 3.35. The average molecular weight is 309 g/mol. The van der Waals surface area contributed by atoms with Crippen LogP contribution in [0.3, 0.4) is 0 Å². The number of hydrogen-bond donors (Lipinski definition) is 0. The molecule has 6 nitrogen and oxygen atoms in total. The van der Waals surface area contributed by atoms with E-state index in [0.29, 0.717) is 6.61 Å². The van der Waals surface area contributed by atoms with Gasteiger partial charge in [-0.15, -0.1) is 11.6 Å². The summed E-state index contributed by atoms with van der Waals surface area (Å²) in [6, 6.07) is 0. The van der Waals surface area contributed by atoms with Gasteiger partial charge in [0.25, 0.3) is 0 Å². The van der Waals surface area contributed by atoms with Crippen molar-refractivity contribution >= 4 is 17.6 Å². The smallest absolute Gasteiger partial charge is 0.320 e. The summed E-state index contributed by atoms with van der Waals surface area (Å²) in [6.07, 6.45) is -1.01. The van der Waals surface area contributed by atoms with E-state index in [1.54, 1.807) is 0 Å². The van der Waals surface area contributed by atoms with Crippen LogP contribution in [0.15, 0.2) is 0 Å². The first-order valence-corrected chi connectivity index (χ1v) is 7.15. The maximum Gasteiger partial charge on any atom is 0.320 e. The molecule has 0 saturated carbocycles. The van der Waals surface area contributed by atoms with Crippen molar-refractivity contribution in [3.05, 3.63) is 0 Å². The molecular formula is C13H21ClO6. The van der Waals surface area contributed by atoms with E-state index in [1.165, 1.54) is 0 Å². The largest absolute Gasteiger partial charge is 0.462 e. The normalized spacial score (nSPS) is 35.1. The van der Waals surface area contributed by atoms with Gasteiger partial charge in [0, 0.05) is 0 Å². The SMILES string of the molecule is CC1(C)OCC(C2OC(C)(C)OC2COC(=O)CCl)O1. The van der Waals surface area contributed by atoms with Crippen LogP contribution in [0.1, 0.15) is 27.7 Å². The van der Waals surface area contributed by atoms with Crippen LogP contribution < -0.4 is 0 Å². The van der Waals surface area contributed by atoms with E-state index in [9.17, 15) is 4.79 Å². The lowest BCUT2D eigenvalue weighted by atomic mass is 10.1. The molecule has 0 amide bonds. The molecule has 0 aromatic carbocycles. The zero-order valence-electron chi connectivity index (χ0n) is 12.2. The topological polar surface area (TPSA) is 63.2 Å². The van der Waals surface area contributed by atoms with Crippen molar-refractivity contribution in [2.75, 3.05) is 19.1 Å². The third kappa shape index (κ3) is 3.83. The molecule has 2 aliphatic heterocycles. The van der Waals surface area contributed by atoms with Gasteiger partial charge in [0.15, 0.2) is 11.6 Å². The van der Waals surface area contributed by atoms with Crippen LogP contribution in [0.2, 0.25) is 0 Å². The zero-order chi connectivity index (χ0) is 15.0. The highest BCUT2D eigenvalue weighted by Gasteiger charge is 2.50. The molecule has 0 bridgehead atoms. The fourth-order valence-corrected chi connectivity index (χ4v) is 2.48. The van der Waals surface area contributed by atoms with Crippen molar-refractivity contribution in [3.8, 4) is 0 Å². The summed E-state index contributed by atoms with van der Waals surface area (Å²) < 4.78 is 28.0. The first-order valence-electron chi connectivity index (χ1n) is 6.61. The Hall–Kier alpha value is -0.400. The van der Waals surface area contributed by atoms with Gasteiger partial charge < -0.3 is 23.7 Å². The van der Waals surface area contributed by atoms with E-state index in [1.807, 2.05) is 27.7 Å². The molecule has 0 spiro atoms. The van der Waals surface area contributed by atoms with Gasteiger partial charge >= 0.3 is 5.97 Å². The van der Waals surface area contributed by atoms with Crippen LogP contribution in [0.5, 0.6) is 0 Å². The fourth-order valence-electron chi connectivity index (χ4n) is 2.40. The monoisotopic (exact) mass is 308 g/mol. The average Bonchev–Trinajstić information content (AvgIpc) is 2.85. The van der Waals surface area contributed by atoms with E-state index in [0.717, 1.165) is 0 Å². The zero-order valence-corrected chi connectivity index (χ0v) is 12.9. The molecule has 2 fully saturated rings. The molecular weight excluding hydrogens is 288 g/mol. The van der Waals surface area contributed by atoms with Gasteiger partial charge in [0.05, 0.1) is 6.61 Å². The van der Waals surface area contributed by atoms with E-state index >= 15 is 0 Å². The third-order valence-electron chi connectivity index (χ3n) is 3.14. The minimum Gasteiger partial charge on any atom is -0.462 e. The van der Waals surface area contributed by atoms with E-state index in [4.69, 9.17) is 35.3 Å². The Kier molecular flexibility index (Phi) is 4.61. The molecule has 0 aromatic heterocycles. The lowest BCUT2D eigenvalue weighted by molar-refractivity contribution is -0.175. The number of esters is 1. The van der Waals surface area contributed by atoms with Crippen molar-refractivity contribution in [2.45, 2.75) is 57.6 Å². The van der Waals surface area contributed by atoms with Crippen LogP contribution in [-0.4, -0.2) is 54.9 Å². The van der Waals surface area contributed by atoms with Crippen LogP contribution in [0, 0.1) is 0 Å². The Bertz CT molecular complexity index is 370. The molecule has 0 N–H and O–H groups in total. The second-order valence-corrected chi connectivity index (χ2v) is 6.09. The number of ether oxygens (including phenoxy) is 5. The number of carbonyl (C=O) groups is 1. The predicted octanol–water partition coefficient (Wildman–Crippen LogP) is 1.44. The minimum atomic E-state index is -0.751. The summed E-state index contributed by atoms with van der Waals surface area (Å²) in [4.78, 5) is 11.2. The first kappa shape index (κ1) is 16.0. The fraction of sp³-hybridized carbons (Fsp3) is 0.923. The highest BCUT2D eigenvalue weighted by molar-refractivity contribution is 6.26. The molecule has 116 valence electrons. The molecule has 2 aliphatic rings. The predicted molar refractivity (Wildman–Crippen MR) is 70.4 cm³/mol. The van der Waals surface area contributed by atoms with E-state index in [2.05, 4.69) is 0 Å². The molecule has 0 radical (unpaired) electrons. The van der Waals surface area contributed by atoms with Gasteiger partial charge in [0.2, 0.25) is 0 Å². The number of alkyl halides is 1. The number of carbonyl (C=O) groups excluding carboxylic acids is 1. The molecule has 2 rings (SSSR count). The lowest BCUT2D eigenvalue weighted by Crippen LogP contribution is -2.40. The standard InChI is InChI=1S/C13H21ClO6/c1-12(2)17-7-9(18-12)11-8(6-16-10(15)5-14)19-13(3,4)20-11/h8-9,11H,5-7H2,1-4H3. The van der Waals surface area contributed by atoms with Gasteiger partial charge in [0.1, 0.15) is 30.8 Å². The highest BCUT2D eigenvalue weighted by atomic mass is 35.5. The summed E-state index contributed by atoms with van der Waals surface area (Å²) in [6.45, 7) is 7.80. The van der Waals surface area contributed by atoms with Crippen molar-refractivity contribution in [2.24, 2.45) is 0 Å². The number of rotatable bonds is 4.